The number of ketones is 1. The number of hydrogen-bond donors (Lipinski definition) is 3. The third kappa shape index (κ3) is 5.73. The van der Waals surface area contributed by atoms with Gasteiger partial charge in [-0.25, -0.2) is 9.97 Å². The van der Waals surface area contributed by atoms with Crippen LogP contribution in [-0.2, 0) is 11.3 Å². The molecule has 9 nitrogen and oxygen atoms in total. The molecule has 0 spiro atoms. The van der Waals surface area contributed by atoms with Gasteiger partial charge in [-0.15, -0.1) is 11.3 Å². The maximum Gasteiger partial charge on any atom is 0.162 e. The molecule has 0 atom stereocenters. The number of nitrogens with zero attached hydrogens (tertiary/aromatic N) is 5. The molecule has 0 unspecified atom stereocenters. The third-order valence-electron chi connectivity index (χ3n) is 6.72. The summed E-state index contributed by atoms with van der Waals surface area (Å²) in [6.45, 7) is 5.68. The Morgan fingerprint density at radius 2 is 2.03 bits per heavy atom. The van der Waals surface area contributed by atoms with Gasteiger partial charge in [-0.1, -0.05) is 18.6 Å². The lowest BCUT2D eigenvalue weighted by Crippen LogP contribution is -2.43. The molecule has 1 aliphatic heterocycles. The summed E-state index contributed by atoms with van der Waals surface area (Å²) in [6.07, 6.45) is 4.91. The highest BCUT2D eigenvalue weighted by atomic mass is 32.1. The van der Waals surface area contributed by atoms with Gasteiger partial charge < -0.3 is 15.3 Å². The van der Waals surface area contributed by atoms with E-state index in [1.165, 1.54) is 4.88 Å². The number of likely N-dealkylation sites (N-methyl/N-ethyl adjacent to an activating group) is 1. The molecule has 0 saturated carbocycles. The Bertz CT molecular complexity index is 1330. The van der Waals surface area contributed by atoms with E-state index in [4.69, 9.17) is 15.1 Å². The van der Waals surface area contributed by atoms with E-state index in [1.807, 2.05) is 24.4 Å². The summed E-state index contributed by atoms with van der Waals surface area (Å²) in [5, 5.41) is 20.7. The number of hydrogen-bond acceptors (Lipinski definition) is 9. The van der Waals surface area contributed by atoms with Crippen LogP contribution in [0.25, 0.3) is 32.5 Å². The molecule has 1 aromatic carbocycles. The molecule has 1 aliphatic rings. The normalized spacial score (nSPS) is 15.2. The van der Waals surface area contributed by atoms with Gasteiger partial charge in [0.1, 0.15) is 12.4 Å². The average molecular weight is 508 g/mol. The predicted octanol–water partition coefficient (Wildman–Crippen LogP) is 3.52. The standard InChI is InChI=1S/C26H33N7O2S/c1-32-10-12-33(13-11-32)16-19-14-23-24(36-19)26(27-9-4-2-3-6-18(35)17-34)30-25(29-23)20-7-5-8-22-21(20)15-28-31-22/h5,7-8,14-15,34H,2-4,6,9-13,16-17H2,1H3,(H,28,31)(H,27,29,30). The second-order valence-corrected chi connectivity index (χ2v) is 10.6. The van der Waals surface area contributed by atoms with Crippen molar-refractivity contribution in [3.63, 3.8) is 0 Å². The minimum absolute atomic E-state index is 0.0926. The Morgan fingerprint density at radius 3 is 2.86 bits per heavy atom. The molecule has 1 saturated heterocycles. The van der Waals surface area contributed by atoms with Crippen molar-refractivity contribution < 1.29 is 9.90 Å². The van der Waals surface area contributed by atoms with Gasteiger partial charge in [0, 0.05) is 61.5 Å². The van der Waals surface area contributed by atoms with E-state index in [2.05, 4.69) is 38.4 Å². The van der Waals surface area contributed by atoms with Gasteiger partial charge in [0.2, 0.25) is 0 Å². The molecule has 3 aromatic heterocycles. The summed E-state index contributed by atoms with van der Waals surface area (Å²) < 4.78 is 1.08. The number of benzene rings is 1. The summed E-state index contributed by atoms with van der Waals surface area (Å²) in [5.41, 5.74) is 2.88. The van der Waals surface area contributed by atoms with Crippen LogP contribution >= 0.6 is 11.3 Å². The average Bonchev–Trinajstić information content (AvgIpc) is 3.53. The number of aromatic amines is 1. The van der Waals surface area contributed by atoms with Crippen LogP contribution in [0.15, 0.2) is 30.5 Å². The summed E-state index contributed by atoms with van der Waals surface area (Å²) >= 11 is 1.77. The van der Waals surface area contributed by atoms with E-state index in [-0.39, 0.29) is 12.4 Å². The number of nitrogens with one attached hydrogen (secondary N) is 2. The minimum atomic E-state index is -0.363. The predicted molar refractivity (Wildman–Crippen MR) is 144 cm³/mol. The van der Waals surface area contributed by atoms with Gasteiger partial charge in [0.05, 0.1) is 21.9 Å². The third-order valence-corrected chi connectivity index (χ3v) is 7.84. The van der Waals surface area contributed by atoms with Crippen LogP contribution in [0.4, 0.5) is 5.82 Å². The Morgan fingerprint density at radius 1 is 1.17 bits per heavy atom. The molecule has 4 heterocycles. The van der Waals surface area contributed by atoms with Crippen molar-refractivity contribution in [2.75, 3.05) is 51.7 Å². The number of carbonyl (C=O) groups excluding carboxylic acids is 1. The molecule has 10 heteroatoms. The van der Waals surface area contributed by atoms with Crippen LogP contribution in [0.3, 0.4) is 0 Å². The Labute approximate surface area is 214 Å². The zero-order valence-corrected chi connectivity index (χ0v) is 21.5. The Kier molecular flexibility index (Phi) is 7.86. The zero-order chi connectivity index (χ0) is 24.9. The van der Waals surface area contributed by atoms with Gasteiger partial charge in [-0.05, 0) is 32.0 Å². The van der Waals surface area contributed by atoms with Crippen molar-refractivity contribution >= 4 is 44.1 Å². The molecule has 0 bridgehead atoms. The monoisotopic (exact) mass is 507 g/mol. The van der Waals surface area contributed by atoms with Gasteiger partial charge >= 0.3 is 0 Å². The minimum Gasteiger partial charge on any atom is -0.389 e. The summed E-state index contributed by atoms with van der Waals surface area (Å²) in [5.74, 6) is 1.45. The first-order valence-corrected chi connectivity index (χ1v) is 13.4. The molecule has 0 amide bonds. The molecule has 4 aromatic rings. The number of rotatable bonds is 11. The number of aromatic nitrogens is 4. The molecule has 1 fully saturated rings. The largest absolute Gasteiger partial charge is 0.389 e. The van der Waals surface area contributed by atoms with E-state index < -0.39 is 0 Å². The first kappa shape index (κ1) is 24.8. The van der Waals surface area contributed by atoms with Crippen LogP contribution in [0.1, 0.15) is 30.6 Å². The van der Waals surface area contributed by atoms with Crippen LogP contribution < -0.4 is 5.32 Å². The van der Waals surface area contributed by atoms with Crippen molar-refractivity contribution in [2.45, 2.75) is 32.2 Å². The highest BCUT2D eigenvalue weighted by Gasteiger charge is 2.18. The SMILES string of the molecule is CN1CCN(Cc2cc3nc(-c4cccc5[nH]ncc45)nc(NCCCCCC(=O)CO)c3s2)CC1. The lowest BCUT2D eigenvalue weighted by molar-refractivity contribution is -0.121. The first-order chi connectivity index (χ1) is 17.6. The highest BCUT2D eigenvalue weighted by Crippen LogP contribution is 2.34. The fourth-order valence-corrected chi connectivity index (χ4v) is 5.70. The Balaban J connectivity index is 1.38. The number of thiophene rings is 1. The number of carbonyl (C=O) groups is 1. The van der Waals surface area contributed by atoms with Crippen molar-refractivity contribution in [2.24, 2.45) is 0 Å². The lowest BCUT2D eigenvalue weighted by atomic mass is 10.1. The summed E-state index contributed by atoms with van der Waals surface area (Å²) in [4.78, 5) is 27.5. The number of anilines is 1. The number of piperazine rings is 1. The second-order valence-electron chi connectivity index (χ2n) is 9.47. The van der Waals surface area contributed by atoms with E-state index in [1.54, 1.807) is 11.3 Å². The van der Waals surface area contributed by atoms with Crippen molar-refractivity contribution in [1.29, 1.82) is 0 Å². The number of Topliss-reactive ketones (excluding diaryl/α,β-unsaturated/α-hetero) is 1. The van der Waals surface area contributed by atoms with E-state index >= 15 is 0 Å². The number of unbranched alkanes of at least 4 members (excludes halogenated alkanes) is 2. The maximum atomic E-state index is 11.3. The molecule has 5 rings (SSSR count). The van der Waals surface area contributed by atoms with Gasteiger partial charge in [0.25, 0.3) is 0 Å². The lowest BCUT2D eigenvalue weighted by Gasteiger charge is -2.31. The van der Waals surface area contributed by atoms with Crippen LogP contribution in [-0.4, -0.2) is 87.2 Å². The molecule has 36 heavy (non-hydrogen) atoms. The number of H-pyrrole nitrogens is 1. The van der Waals surface area contributed by atoms with E-state index in [9.17, 15) is 4.79 Å². The molecular formula is C26H33N7O2S. The van der Waals surface area contributed by atoms with Gasteiger partial charge in [0.15, 0.2) is 11.6 Å². The van der Waals surface area contributed by atoms with Crippen LogP contribution in [0.2, 0.25) is 0 Å². The number of fused-ring (bicyclic) bond motifs is 2. The Hall–Kier alpha value is -2.92. The zero-order valence-electron chi connectivity index (χ0n) is 20.7. The summed E-state index contributed by atoms with van der Waals surface area (Å²) in [7, 11) is 2.18. The van der Waals surface area contributed by atoms with Crippen molar-refractivity contribution in [1.82, 2.24) is 30.0 Å². The molecule has 0 aliphatic carbocycles. The molecule has 190 valence electrons. The van der Waals surface area contributed by atoms with Crippen molar-refractivity contribution in [3.05, 3.63) is 35.3 Å². The van der Waals surface area contributed by atoms with Crippen LogP contribution in [0, 0.1) is 0 Å². The molecule has 0 radical (unpaired) electrons. The van der Waals surface area contributed by atoms with Crippen LogP contribution in [0.5, 0.6) is 0 Å². The van der Waals surface area contributed by atoms with Gasteiger partial charge in [-0.3, -0.25) is 14.8 Å². The number of aliphatic hydroxyl groups excluding tert-OH is 1. The van der Waals surface area contributed by atoms with Crippen molar-refractivity contribution in [3.8, 4) is 11.4 Å². The number of aliphatic hydroxyl groups is 1. The van der Waals surface area contributed by atoms with Gasteiger partial charge in [-0.2, -0.15) is 5.10 Å². The topological polar surface area (TPSA) is 110 Å². The first-order valence-electron chi connectivity index (χ1n) is 12.6. The second kappa shape index (κ2) is 11.4. The fourth-order valence-electron chi connectivity index (χ4n) is 4.60. The smallest absolute Gasteiger partial charge is 0.162 e. The quantitative estimate of drug-likeness (QED) is 0.265. The fraction of sp³-hybridized carbons (Fsp3) is 0.462. The maximum absolute atomic E-state index is 11.3. The highest BCUT2D eigenvalue weighted by molar-refractivity contribution is 7.19. The molecular weight excluding hydrogens is 474 g/mol. The van der Waals surface area contributed by atoms with E-state index in [0.717, 1.165) is 91.0 Å². The van der Waals surface area contributed by atoms with E-state index in [0.29, 0.717) is 12.2 Å². The summed E-state index contributed by atoms with van der Waals surface area (Å²) in [6, 6.07) is 8.25. The molecule has 3 N–H and O–H groups in total.